The van der Waals surface area contributed by atoms with Gasteiger partial charge in [-0.15, -0.1) is 11.8 Å². The predicted octanol–water partition coefficient (Wildman–Crippen LogP) is 4.73. The van der Waals surface area contributed by atoms with Crippen LogP contribution in [0, 0.1) is 5.92 Å². The predicted molar refractivity (Wildman–Crippen MR) is 92.4 cm³/mol. The van der Waals surface area contributed by atoms with Crippen LogP contribution in [0.4, 0.5) is 0 Å². The first-order valence-electron chi connectivity index (χ1n) is 8.36. The van der Waals surface area contributed by atoms with Gasteiger partial charge in [-0.2, -0.15) is 0 Å². The topological polar surface area (TPSA) is 21.3 Å². The molecule has 1 aromatic carbocycles. The third kappa shape index (κ3) is 4.93. The number of hydrogen-bond donors (Lipinski definition) is 1. The van der Waals surface area contributed by atoms with Crippen molar-refractivity contribution < 1.29 is 4.74 Å². The number of para-hydroxylation sites is 1. The van der Waals surface area contributed by atoms with Gasteiger partial charge in [0.15, 0.2) is 0 Å². The van der Waals surface area contributed by atoms with Crippen LogP contribution in [-0.4, -0.2) is 24.4 Å². The summed E-state index contributed by atoms with van der Waals surface area (Å²) in [6.45, 7) is 7.95. The second-order valence-electron chi connectivity index (χ2n) is 6.10. The molecule has 0 aromatic heterocycles. The lowest BCUT2D eigenvalue weighted by Crippen LogP contribution is -2.46. The SMILES string of the molecule is CCCNC(CC(C)CCC)C1CSc2ccccc2O1. The van der Waals surface area contributed by atoms with Crippen LogP contribution >= 0.6 is 11.8 Å². The van der Waals surface area contributed by atoms with Crippen molar-refractivity contribution in [2.24, 2.45) is 5.92 Å². The Kier molecular flexibility index (Phi) is 6.91. The Morgan fingerprint density at radius 1 is 1.29 bits per heavy atom. The zero-order valence-corrected chi connectivity index (χ0v) is 14.4. The zero-order chi connectivity index (χ0) is 15.1. The van der Waals surface area contributed by atoms with Gasteiger partial charge in [0.25, 0.3) is 0 Å². The van der Waals surface area contributed by atoms with Crippen molar-refractivity contribution in [3.63, 3.8) is 0 Å². The lowest BCUT2D eigenvalue weighted by molar-refractivity contribution is 0.150. The molecule has 0 bridgehead atoms. The summed E-state index contributed by atoms with van der Waals surface area (Å²) in [7, 11) is 0. The van der Waals surface area contributed by atoms with Crippen LogP contribution in [0.2, 0.25) is 0 Å². The van der Waals surface area contributed by atoms with Gasteiger partial charge < -0.3 is 10.1 Å². The third-order valence-electron chi connectivity index (χ3n) is 4.07. The fourth-order valence-corrected chi connectivity index (χ4v) is 4.05. The molecule has 21 heavy (non-hydrogen) atoms. The Hall–Kier alpha value is -0.670. The zero-order valence-electron chi connectivity index (χ0n) is 13.6. The molecule has 0 saturated heterocycles. The molecule has 1 aromatic rings. The molecule has 3 unspecified atom stereocenters. The summed E-state index contributed by atoms with van der Waals surface area (Å²) >= 11 is 1.93. The average molecular weight is 308 g/mol. The average Bonchev–Trinajstić information content (AvgIpc) is 2.51. The summed E-state index contributed by atoms with van der Waals surface area (Å²) in [5.41, 5.74) is 0. The summed E-state index contributed by atoms with van der Waals surface area (Å²) < 4.78 is 6.29. The Bertz CT molecular complexity index is 423. The lowest BCUT2D eigenvalue weighted by Gasteiger charge is -2.34. The van der Waals surface area contributed by atoms with Crippen molar-refractivity contribution in [2.45, 2.75) is 63.5 Å². The number of benzene rings is 1. The molecule has 0 fully saturated rings. The molecule has 2 rings (SSSR count). The van der Waals surface area contributed by atoms with E-state index < -0.39 is 0 Å². The van der Waals surface area contributed by atoms with Crippen LogP contribution < -0.4 is 10.1 Å². The summed E-state index contributed by atoms with van der Waals surface area (Å²) in [4.78, 5) is 1.28. The van der Waals surface area contributed by atoms with E-state index in [0.717, 1.165) is 24.0 Å². The van der Waals surface area contributed by atoms with Crippen molar-refractivity contribution in [3.8, 4) is 5.75 Å². The number of ether oxygens (including phenoxy) is 1. The minimum absolute atomic E-state index is 0.288. The van der Waals surface area contributed by atoms with E-state index in [1.807, 2.05) is 11.8 Å². The Morgan fingerprint density at radius 2 is 2.10 bits per heavy atom. The maximum absolute atomic E-state index is 6.29. The normalized spacial score (nSPS) is 20.4. The Balaban J connectivity index is 2.00. The van der Waals surface area contributed by atoms with Crippen LogP contribution in [-0.2, 0) is 0 Å². The molecule has 1 aliphatic heterocycles. The molecule has 0 radical (unpaired) electrons. The fraction of sp³-hybridized carbons (Fsp3) is 0.667. The van der Waals surface area contributed by atoms with E-state index >= 15 is 0 Å². The maximum atomic E-state index is 6.29. The molecule has 3 atom stereocenters. The molecule has 0 saturated carbocycles. The van der Waals surface area contributed by atoms with Gasteiger partial charge in [0.05, 0.1) is 0 Å². The maximum Gasteiger partial charge on any atom is 0.133 e. The van der Waals surface area contributed by atoms with Gasteiger partial charge in [0, 0.05) is 16.7 Å². The minimum atomic E-state index is 0.288. The van der Waals surface area contributed by atoms with Gasteiger partial charge in [-0.05, 0) is 37.4 Å². The smallest absolute Gasteiger partial charge is 0.133 e. The van der Waals surface area contributed by atoms with Crippen molar-refractivity contribution >= 4 is 11.8 Å². The van der Waals surface area contributed by atoms with E-state index in [1.54, 1.807) is 0 Å². The highest BCUT2D eigenvalue weighted by molar-refractivity contribution is 7.99. The number of thioether (sulfide) groups is 1. The largest absolute Gasteiger partial charge is 0.487 e. The second kappa shape index (κ2) is 8.70. The van der Waals surface area contributed by atoms with Crippen LogP contribution in [0.3, 0.4) is 0 Å². The van der Waals surface area contributed by atoms with Gasteiger partial charge >= 0.3 is 0 Å². The van der Waals surface area contributed by atoms with Gasteiger partial charge in [-0.25, -0.2) is 0 Å². The van der Waals surface area contributed by atoms with E-state index in [9.17, 15) is 0 Å². The molecule has 0 aliphatic carbocycles. The molecule has 0 amide bonds. The second-order valence-corrected chi connectivity index (χ2v) is 7.17. The Morgan fingerprint density at radius 3 is 2.86 bits per heavy atom. The summed E-state index contributed by atoms with van der Waals surface area (Å²) in [6.07, 6.45) is 5.25. The molecule has 1 N–H and O–H groups in total. The molecule has 1 aliphatic rings. The number of rotatable bonds is 8. The fourth-order valence-electron chi connectivity index (χ4n) is 2.97. The van der Waals surface area contributed by atoms with Crippen LogP contribution in [0.1, 0.15) is 46.5 Å². The molecule has 0 spiro atoms. The van der Waals surface area contributed by atoms with E-state index in [2.05, 4.69) is 50.4 Å². The summed E-state index contributed by atoms with van der Waals surface area (Å²) in [5, 5.41) is 3.72. The standard InChI is InChI=1S/C18H29NOS/c1-4-8-14(3)12-15(19-11-5-2)17-13-21-18-10-7-6-9-16(18)20-17/h6-7,9-10,14-15,17,19H,4-5,8,11-13H2,1-3H3. The number of hydrogen-bond acceptors (Lipinski definition) is 3. The highest BCUT2D eigenvalue weighted by Gasteiger charge is 2.28. The van der Waals surface area contributed by atoms with Crippen LogP contribution in [0.5, 0.6) is 5.75 Å². The lowest BCUT2D eigenvalue weighted by atomic mass is 9.94. The highest BCUT2D eigenvalue weighted by atomic mass is 32.2. The van der Waals surface area contributed by atoms with Crippen LogP contribution in [0.15, 0.2) is 29.2 Å². The molecule has 118 valence electrons. The van der Waals surface area contributed by atoms with E-state index in [-0.39, 0.29) is 6.10 Å². The van der Waals surface area contributed by atoms with Crippen molar-refractivity contribution in [2.75, 3.05) is 12.3 Å². The summed E-state index contributed by atoms with van der Waals surface area (Å²) in [5.74, 6) is 2.87. The monoisotopic (exact) mass is 307 g/mol. The van der Waals surface area contributed by atoms with Crippen molar-refractivity contribution in [1.82, 2.24) is 5.32 Å². The number of fused-ring (bicyclic) bond motifs is 1. The number of nitrogens with one attached hydrogen (secondary N) is 1. The van der Waals surface area contributed by atoms with Crippen molar-refractivity contribution in [1.29, 1.82) is 0 Å². The van der Waals surface area contributed by atoms with Gasteiger partial charge in [0.1, 0.15) is 11.9 Å². The van der Waals surface area contributed by atoms with E-state index in [0.29, 0.717) is 6.04 Å². The highest BCUT2D eigenvalue weighted by Crippen LogP contribution is 2.36. The quantitative estimate of drug-likeness (QED) is 0.750. The van der Waals surface area contributed by atoms with E-state index in [1.165, 1.54) is 30.6 Å². The third-order valence-corrected chi connectivity index (χ3v) is 5.22. The van der Waals surface area contributed by atoms with Gasteiger partial charge in [-0.1, -0.05) is 45.7 Å². The first-order chi connectivity index (χ1) is 10.2. The molecule has 2 nitrogen and oxygen atoms in total. The first kappa shape index (κ1) is 16.7. The van der Waals surface area contributed by atoms with Gasteiger partial charge in [0.2, 0.25) is 0 Å². The Labute approximate surface area is 134 Å². The molecule has 3 heteroatoms. The molecular formula is C18H29NOS. The molecular weight excluding hydrogens is 278 g/mol. The van der Waals surface area contributed by atoms with Crippen molar-refractivity contribution in [3.05, 3.63) is 24.3 Å². The molecule has 1 heterocycles. The first-order valence-corrected chi connectivity index (χ1v) is 9.35. The summed E-state index contributed by atoms with van der Waals surface area (Å²) in [6, 6.07) is 8.87. The van der Waals surface area contributed by atoms with Crippen LogP contribution in [0.25, 0.3) is 0 Å². The van der Waals surface area contributed by atoms with Gasteiger partial charge in [-0.3, -0.25) is 0 Å². The van der Waals surface area contributed by atoms with E-state index in [4.69, 9.17) is 4.74 Å². The minimum Gasteiger partial charge on any atom is -0.487 e.